The van der Waals surface area contributed by atoms with E-state index in [1.807, 2.05) is 18.4 Å². The van der Waals surface area contributed by atoms with Crippen LogP contribution >= 0.6 is 0 Å². The van der Waals surface area contributed by atoms with Crippen LogP contribution in [0.15, 0.2) is 90.9 Å². The normalized spacial score (nSPS) is 19.1. The molecule has 0 spiro atoms. The van der Waals surface area contributed by atoms with Crippen LogP contribution in [0.4, 0.5) is 11.4 Å². The van der Waals surface area contributed by atoms with Crippen LogP contribution in [0.3, 0.4) is 0 Å². The molecule has 0 unspecified atom stereocenters. The topological polar surface area (TPSA) is 63.0 Å². The number of nitrogens with one attached hydrogen (secondary N) is 2. The van der Waals surface area contributed by atoms with Crippen molar-refractivity contribution in [3.63, 3.8) is 0 Å². The smallest absolute Gasteiger partial charge is 0.0628 e. The highest BCUT2D eigenvalue weighted by Crippen LogP contribution is 2.34. The Balaban J connectivity index is 1.36. The van der Waals surface area contributed by atoms with Crippen LogP contribution in [0.1, 0.15) is 5.56 Å². The summed E-state index contributed by atoms with van der Waals surface area (Å²) < 4.78 is 0. The zero-order valence-electron chi connectivity index (χ0n) is 23.3. The molecule has 2 aromatic rings. The van der Waals surface area contributed by atoms with Crippen molar-refractivity contribution >= 4 is 11.4 Å². The number of piperazine rings is 2. The van der Waals surface area contributed by atoms with Gasteiger partial charge in [-0.05, 0) is 54.1 Å². The van der Waals surface area contributed by atoms with Crippen molar-refractivity contribution in [2.24, 2.45) is 5.73 Å². The molecule has 5 rings (SSSR count). The predicted molar refractivity (Wildman–Crippen MR) is 165 cm³/mol. The Morgan fingerprint density at radius 3 is 2.38 bits per heavy atom. The van der Waals surface area contributed by atoms with Crippen LogP contribution in [-0.4, -0.2) is 87.2 Å². The van der Waals surface area contributed by atoms with E-state index in [0.29, 0.717) is 0 Å². The number of likely N-dealkylation sites (N-methyl/N-ethyl adjacent to an activating group) is 1. The monoisotopic (exact) mass is 525 g/mol. The third kappa shape index (κ3) is 6.99. The maximum atomic E-state index is 5.75. The maximum Gasteiger partial charge on any atom is 0.0628 e. The summed E-state index contributed by atoms with van der Waals surface area (Å²) in [6.45, 7) is 19.5. The van der Waals surface area contributed by atoms with Gasteiger partial charge in [-0.1, -0.05) is 37.4 Å². The second-order valence-electron chi connectivity index (χ2n) is 10.8. The second kappa shape index (κ2) is 12.7. The summed E-state index contributed by atoms with van der Waals surface area (Å²) in [7, 11) is 2.19. The van der Waals surface area contributed by atoms with Crippen molar-refractivity contribution in [1.82, 2.24) is 20.0 Å². The zero-order valence-corrected chi connectivity index (χ0v) is 23.3. The summed E-state index contributed by atoms with van der Waals surface area (Å²) in [6, 6.07) is 15.8. The summed E-state index contributed by atoms with van der Waals surface area (Å²) in [4.78, 5) is 9.87. The quantitative estimate of drug-likeness (QED) is 0.462. The van der Waals surface area contributed by atoms with Crippen molar-refractivity contribution in [3.8, 4) is 11.1 Å². The minimum Gasteiger partial charge on any atom is -0.367 e. The molecule has 3 heterocycles. The fourth-order valence-corrected chi connectivity index (χ4v) is 5.48. The molecule has 3 aliphatic rings. The van der Waals surface area contributed by atoms with Crippen LogP contribution < -0.4 is 21.3 Å². The number of hydrogen-bond donors (Lipinski definition) is 3. The third-order valence-electron chi connectivity index (χ3n) is 7.93. The molecule has 0 aliphatic carbocycles. The van der Waals surface area contributed by atoms with Gasteiger partial charge in [-0.2, -0.15) is 0 Å². The van der Waals surface area contributed by atoms with Gasteiger partial charge < -0.3 is 26.2 Å². The molecule has 0 aromatic heterocycles. The van der Waals surface area contributed by atoms with Gasteiger partial charge in [0.2, 0.25) is 0 Å². The van der Waals surface area contributed by atoms with Gasteiger partial charge in [0.1, 0.15) is 0 Å². The van der Waals surface area contributed by atoms with Gasteiger partial charge in [-0.15, -0.1) is 0 Å². The average molecular weight is 526 g/mol. The van der Waals surface area contributed by atoms with E-state index in [1.54, 1.807) is 0 Å². The molecule has 7 nitrogen and oxygen atoms in total. The Morgan fingerprint density at radius 1 is 0.923 bits per heavy atom. The first kappa shape index (κ1) is 27.2. The van der Waals surface area contributed by atoms with Crippen LogP contribution in [0.25, 0.3) is 11.1 Å². The van der Waals surface area contributed by atoms with E-state index in [4.69, 9.17) is 5.73 Å². The molecule has 206 valence electrons. The number of nitrogens with two attached hydrogens (primary N) is 1. The first-order valence-electron chi connectivity index (χ1n) is 14.1. The molecule has 2 saturated heterocycles. The van der Waals surface area contributed by atoms with Gasteiger partial charge in [0.05, 0.1) is 11.4 Å². The predicted octanol–water partition coefficient (Wildman–Crippen LogP) is 3.66. The second-order valence-corrected chi connectivity index (χ2v) is 10.8. The number of dihydropyridines is 1. The summed E-state index contributed by atoms with van der Waals surface area (Å²) in [5, 5.41) is 6.84. The molecule has 0 amide bonds. The average Bonchev–Trinajstić information content (AvgIpc) is 2.95. The Kier molecular flexibility index (Phi) is 8.84. The van der Waals surface area contributed by atoms with Gasteiger partial charge >= 0.3 is 0 Å². The van der Waals surface area contributed by atoms with Gasteiger partial charge in [-0.25, -0.2) is 0 Å². The maximum absolute atomic E-state index is 5.75. The number of rotatable bonds is 9. The Bertz CT molecular complexity index is 1230. The molecule has 0 bridgehead atoms. The molecule has 2 fully saturated rings. The van der Waals surface area contributed by atoms with Crippen LogP contribution in [-0.2, 0) is 6.54 Å². The fraction of sp³-hybridized carbons (Fsp3) is 0.375. The van der Waals surface area contributed by atoms with Crippen molar-refractivity contribution < 1.29 is 0 Å². The highest BCUT2D eigenvalue weighted by Gasteiger charge is 2.20. The largest absolute Gasteiger partial charge is 0.367 e. The summed E-state index contributed by atoms with van der Waals surface area (Å²) in [5.41, 5.74) is 14.6. The van der Waals surface area contributed by atoms with Crippen molar-refractivity contribution in [3.05, 3.63) is 96.5 Å². The molecule has 4 N–H and O–H groups in total. The number of nitrogens with zero attached hydrogens (tertiary/aromatic N) is 4. The highest BCUT2D eigenvalue weighted by molar-refractivity contribution is 5.80. The van der Waals surface area contributed by atoms with E-state index >= 15 is 0 Å². The molecule has 39 heavy (non-hydrogen) atoms. The van der Waals surface area contributed by atoms with Crippen LogP contribution in [0.5, 0.6) is 0 Å². The standard InChI is InChI=1S/C32H43N7/c1-25-7-8-30(23-34-25)26(2)35-31-22-29(9-10-32(31)39-19-13-36(3)14-20-39)28-6-4-5-27(21-28)24-38-17-15-37(12-11-33)16-18-38/h4-10,21-23,34-35H,1-2,11-20,24,33H2,3H3. The molecular formula is C32H43N7. The van der Waals surface area contributed by atoms with E-state index < -0.39 is 0 Å². The molecule has 3 aliphatic heterocycles. The number of benzene rings is 2. The zero-order chi connectivity index (χ0) is 27.2. The van der Waals surface area contributed by atoms with E-state index in [-0.39, 0.29) is 0 Å². The SMILES string of the molecule is C=C1C=CC(C(=C)Nc2cc(-c3cccc(CN4CCN(CCN)CC4)c3)ccc2N2CCN(C)CC2)=CN1. The molecule has 0 atom stereocenters. The third-order valence-corrected chi connectivity index (χ3v) is 7.93. The lowest BCUT2D eigenvalue weighted by molar-refractivity contribution is 0.130. The number of allylic oxidation sites excluding steroid dienone is 2. The minimum atomic E-state index is 0.737. The Hall–Kier alpha value is -3.36. The Morgan fingerprint density at radius 2 is 1.67 bits per heavy atom. The fourth-order valence-electron chi connectivity index (χ4n) is 5.48. The lowest BCUT2D eigenvalue weighted by Gasteiger charge is -2.35. The molecule has 0 saturated carbocycles. The van der Waals surface area contributed by atoms with Crippen molar-refractivity contribution in [2.75, 3.05) is 82.7 Å². The highest BCUT2D eigenvalue weighted by atomic mass is 15.3. The van der Waals surface area contributed by atoms with Gasteiger partial charge in [0.15, 0.2) is 0 Å². The van der Waals surface area contributed by atoms with Crippen molar-refractivity contribution in [1.29, 1.82) is 0 Å². The summed E-state index contributed by atoms with van der Waals surface area (Å²) >= 11 is 0. The summed E-state index contributed by atoms with van der Waals surface area (Å²) in [5.74, 6) is 0. The minimum absolute atomic E-state index is 0.737. The van der Waals surface area contributed by atoms with Crippen molar-refractivity contribution in [2.45, 2.75) is 6.54 Å². The first-order valence-corrected chi connectivity index (χ1v) is 14.1. The number of anilines is 2. The molecule has 7 heteroatoms. The van der Waals surface area contributed by atoms with E-state index in [0.717, 1.165) is 94.6 Å². The van der Waals surface area contributed by atoms with Gasteiger partial charge in [-0.3, -0.25) is 9.80 Å². The lowest BCUT2D eigenvalue weighted by atomic mass is 10.0. The van der Waals surface area contributed by atoms with E-state index in [2.05, 4.69) is 92.9 Å². The first-order chi connectivity index (χ1) is 19.0. The Labute approximate surface area is 233 Å². The van der Waals surface area contributed by atoms with Gasteiger partial charge in [0, 0.05) is 95.2 Å². The lowest BCUT2D eigenvalue weighted by Crippen LogP contribution is -2.47. The van der Waals surface area contributed by atoms with E-state index in [1.165, 1.54) is 22.4 Å². The molecular weight excluding hydrogens is 482 g/mol. The number of hydrogen-bond acceptors (Lipinski definition) is 7. The molecule has 2 aromatic carbocycles. The molecule has 0 radical (unpaired) electrons. The summed E-state index contributed by atoms with van der Waals surface area (Å²) in [6.07, 6.45) is 5.98. The van der Waals surface area contributed by atoms with Gasteiger partial charge in [0.25, 0.3) is 0 Å². The van der Waals surface area contributed by atoms with E-state index in [9.17, 15) is 0 Å². The van der Waals surface area contributed by atoms with Crippen LogP contribution in [0, 0.1) is 0 Å². The van der Waals surface area contributed by atoms with Crippen LogP contribution in [0.2, 0.25) is 0 Å².